The predicted molar refractivity (Wildman–Crippen MR) is 87.8 cm³/mol. The summed E-state index contributed by atoms with van der Waals surface area (Å²) in [6.07, 6.45) is 1.66. The molecule has 1 atom stereocenters. The summed E-state index contributed by atoms with van der Waals surface area (Å²) in [5, 5.41) is 1.17. The van der Waals surface area contributed by atoms with Crippen LogP contribution in [0.2, 0.25) is 10.0 Å². The van der Waals surface area contributed by atoms with Gasteiger partial charge in [-0.2, -0.15) is 0 Å². The van der Waals surface area contributed by atoms with Crippen molar-refractivity contribution in [3.63, 3.8) is 0 Å². The van der Waals surface area contributed by atoms with Gasteiger partial charge in [0, 0.05) is 6.04 Å². The fourth-order valence-electron chi connectivity index (χ4n) is 2.53. The Balaban J connectivity index is 2.04. The molecule has 0 bridgehead atoms. The maximum Gasteiger partial charge on any atom is 0.0595 e. The molecular formula is C17H19Cl2N. The molecule has 0 spiro atoms. The van der Waals surface area contributed by atoms with E-state index in [1.807, 2.05) is 18.2 Å². The molecule has 0 amide bonds. The topological polar surface area (TPSA) is 26.0 Å². The standard InChI is InChI=1S/C17H19Cl2N/c1-11-5-12(2)7-14(6-11)9-15(20)8-13-3-4-16(18)17(19)10-13/h3-7,10,15H,8-9,20H2,1-2H3. The quantitative estimate of drug-likeness (QED) is 0.868. The number of nitrogens with two attached hydrogens (primary N) is 1. The summed E-state index contributed by atoms with van der Waals surface area (Å²) in [6, 6.07) is 12.3. The first kappa shape index (κ1) is 15.4. The van der Waals surface area contributed by atoms with Crippen molar-refractivity contribution in [2.24, 2.45) is 5.73 Å². The molecule has 106 valence electrons. The monoisotopic (exact) mass is 307 g/mol. The molecule has 0 saturated carbocycles. The molecular weight excluding hydrogens is 289 g/mol. The van der Waals surface area contributed by atoms with Crippen LogP contribution < -0.4 is 5.73 Å². The molecule has 0 aromatic heterocycles. The number of hydrogen-bond donors (Lipinski definition) is 1. The molecule has 0 aliphatic carbocycles. The predicted octanol–water partition coefficient (Wildman–Crippen LogP) is 4.72. The van der Waals surface area contributed by atoms with Gasteiger partial charge in [-0.3, -0.25) is 0 Å². The fourth-order valence-corrected chi connectivity index (χ4v) is 2.85. The Morgan fingerprint density at radius 1 is 0.850 bits per heavy atom. The fraction of sp³-hybridized carbons (Fsp3) is 0.294. The second-order valence-electron chi connectivity index (χ2n) is 5.41. The zero-order valence-electron chi connectivity index (χ0n) is 11.8. The Kier molecular flexibility index (Phi) is 5.09. The van der Waals surface area contributed by atoms with Crippen LogP contribution >= 0.6 is 23.2 Å². The highest BCUT2D eigenvalue weighted by Crippen LogP contribution is 2.23. The van der Waals surface area contributed by atoms with Gasteiger partial charge in [-0.25, -0.2) is 0 Å². The average molecular weight is 308 g/mol. The first-order valence-corrected chi connectivity index (χ1v) is 7.46. The highest BCUT2D eigenvalue weighted by atomic mass is 35.5. The van der Waals surface area contributed by atoms with Crippen molar-refractivity contribution in [3.8, 4) is 0 Å². The number of hydrogen-bond acceptors (Lipinski definition) is 1. The van der Waals surface area contributed by atoms with E-state index >= 15 is 0 Å². The van der Waals surface area contributed by atoms with Gasteiger partial charge in [0.25, 0.3) is 0 Å². The second kappa shape index (κ2) is 6.62. The van der Waals surface area contributed by atoms with Crippen molar-refractivity contribution in [2.45, 2.75) is 32.7 Å². The second-order valence-corrected chi connectivity index (χ2v) is 6.23. The third-order valence-electron chi connectivity index (χ3n) is 3.26. The molecule has 2 N–H and O–H groups in total. The molecule has 0 heterocycles. The molecule has 0 fully saturated rings. The lowest BCUT2D eigenvalue weighted by molar-refractivity contribution is 0.664. The van der Waals surface area contributed by atoms with Crippen molar-refractivity contribution >= 4 is 23.2 Å². The summed E-state index contributed by atoms with van der Waals surface area (Å²) in [5.41, 5.74) is 11.2. The molecule has 0 aliphatic rings. The van der Waals surface area contributed by atoms with E-state index in [1.165, 1.54) is 16.7 Å². The summed E-state index contributed by atoms with van der Waals surface area (Å²) < 4.78 is 0. The molecule has 0 saturated heterocycles. The van der Waals surface area contributed by atoms with Crippen LogP contribution in [0.4, 0.5) is 0 Å². The van der Waals surface area contributed by atoms with Crippen LogP contribution in [-0.4, -0.2) is 6.04 Å². The lowest BCUT2D eigenvalue weighted by Crippen LogP contribution is -2.25. The van der Waals surface area contributed by atoms with Crippen LogP contribution in [-0.2, 0) is 12.8 Å². The summed E-state index contributed by atoms with van der Waals surface area (Å²) in [5.74, 6) is 0. The summed E-state index contributed by atoms with van der Waals surface area (Å²) >= 11 is 11.9. The number of aryl methyl sites for hydroxylation is 2. The van der Waals surface area contributed by atoms with Gasteiger partial charge < -0.3 is 5.73 Å². The van der Waals surface area contributed by atoms with Gasteiger partial charge in [-0.15, -0.1) is 0 Å². The van der Waals surface area contributed by atoms with E-state index in [4.69, 9.17) is 28.9 Å². The van der Waals surface area contributed by atoms with Gasteiger partial charge in [0.2, 0.25) is 0 Å². The zero-order valence-corrected chi connectivity index (χ0v) is 13.3. The lowest BCUT2D eigenvalue weighted by atomic mass is 9.97. The number of benzene rings is 2. The van der Waals surface area contributed by atoms with Crippen molar-refractivity contribution < 1.29 is 0 Å². The molecule has 2 aromatic carbocycles. The molecule has 2 aromatic rings. The Morgan fingerprint density at radius 2 is 1.45 bits per heavy atom. The van der Waals surface area contributed by atoms with Crippen LogP contribution in [0.25, 0.3) is 0 Å². The molecule has 1 unspecified atom stereocenters. The normalized spacial score (nSPS) is 12.4. The Hall–Kier alpha value is -1.02. The minimum Gasteiger partial charge on any atom is -0.327 e. The third kappa shape index (κ3) is 4.24. The largest absolute Gasteiger partial charge is 0.327 e. The van der Waals surface area contributed by atoms with Gasteiger partial charge in [-0.05, 0) is 49.9 Å². The first-order chi connectivity index (χ1) is 9.44. The molecule has 0 aliphatic heterocycles. The molecule has 3 heteroatoms. The van der Waals surface area contributed by atoms with Gasteiger partial charge in [0.1, 0.15) is 0 Å². The zero-order chi connectivity index (χ0) is 14.7. The van der Waals surface area contributed by atoms with E-state index in [0.29, 0.717) is 10.0 Å². The van der Waals surface area contributed by atoms with Crippen molar-refractivity contribution in [2.75, 3.05) is 0 Å². The van der Waals surface area contributed by atoms with Crippen LogP contribution in [0.5, 0.6) is 0 Å². The maximum atomic E-state index is 6.25. The third-order valence-corrected chi connectivity index (χ3v) is 4.00. The van der Waals surface area contributed by atoms with Crippen molar-refractivity contribution in [3.05, 3.63) is 68.7 Å². The van der Waals surface area contributed by atoms with Crippen molar-refractivity contribution in [1.29, 1.82) is 0 Å². The Labute approximate surface area is 130 Å². The average Bonchev–Trinajstić information content (AvgIpc) is 2.32. The highest BCUT2D eigenvalue weighted by Gasteiger charge is 2.08. The Bertz CT molecular complexity index is 588. The summed E-state index contributed by atoms with van der Waals surface area (Å²) in [4.78, 5) is 0. The minimum absolute atomic E-state index is 0.0773. The van der Waals surface area contributed by atoms with E-state index in [-0.39, 0.29) is 6.04 Å². The molecule has 2 rings (SSSR count). The number of halogens is 2. The smallest absolute Gasteiger partial charge is 0.0595 e. The number of rotatable bonds is 4. The van der Waals surface area contributed by atoms with E-state index in [1.54, 1.807) is 0 Å². The van der Waals surface area contributed by atoms with Crippen molar-refractivity contribution in [1.82, 2.24) is 0 Å². The minimum atomic E-state index is 0.0773. The first-order valence-electron chi connectivity index (χ1n) is 6.70. The maximum absolute atomic E-state index is 6.25. The summed E-state index contributed by atoms with van der Waals surface area (Å²) in [6.45, 7) is 4.22. The molecule has 20 heavy (non-hydrogen) atoms. The van der Waals surface area contributed by atoms with E-state index in [0.717, 1.165) is 18.4 Å². The highest BCUT2D eigenvalue weighted by molar-refractivity contribution is 6.42. The molecule has 1 nitrogen and oxygen atoms in total. The van der Waals surface area contributed by atoms with Crippen LogP contribution in [0.1, 0.15) is 22.3 Å². The lowest BCUT2D eigenvalue weighted by Gasteiger charge is -2.13. The van der Waals surface area contributed by atoms with Crippen LogP contribution in [0, 0.1) is 13.8 Å². The Morgan fingerprint density at radius 3 is 2.05 bits per heavy atom. The van der Waals surface area contributed by atoms with E-state index in [2.05, 4.69) is 32.0 Å². The SMILES string of the molecule is Cc1cc(C)cc(CC(N)Cc2ccc(Cl)c(Cl)c2)c1. The van der Waals surface area contributed by atoms with Gasteiger partial charge in [0.15, 0.2) is 0 Å². The summed E-state index contributed by atoms with van der Waals surface area (Å²) in [7, 11) is 0. The van der Waals surface area contributed by atoms with Gasteiger partial charge in [-0.1, -0.05) is 58.6 Å². The molecule has 0 radical (unpaired) electrons. The van der Waals surface area contributed by atoms with Crippen LogP contribution in [0.3, 0.4) is 0 Å². The van der Waals surface area contributed by atoms with Gasteiger partial charge >= 0.3 is 0 Å². The van der Waals surface area contributed by atoms with Gasteiger partial charge in [0.05, 0.1) is 10.0 Å². The van der Waals surface area contributed by atoms with E-state index in [9.17, 15) is 0 Å². The van der Waals surface area contributed by atoms with Crippen LogP contribution in [0.15, 0.2) is 36.4 Å². The van der Waals surface area contributed by atoms with E-state index < -0.39 is 0 Å².